The molecule has 1 aliphatic heterocycles. The van der Waals surface area contributed by atoms with Crippen LogP contribution in [0.1, 0.15) is 28.1 Å². The topological polar surface area (TPSA) is 85.4 Å². The number of imide groups is 1. The maximum atomic E-state index is 13.0. The van der Waals surface area contributed by atoms with Gasteiger partial charge in [0.15, 0.2) is 0 Å². The molecule has 2 aromatic carbocycles. The third-order valence-corrected chi connectivity index (χ3v) is 7.26. The number of benzene rings is 2. The van der Waals surface area contributed by atoms with Crippen LogP contribution in [0.5, 0.6) is 0 Å². The van der Waals surface area contributed by atoms with Crippen molar-refractivity contribution in [2.75, 3.05) is 0 Å². The van der Waals surface area contributed by atoms with Crippen LogP contribution in [0.4, 0.5) is 10.5 Å². The van der Waals surface area contributed by atoms with Gasteiger partial charge in [-0.15, -0.1) is 0 Å². The molecule has 0 N–H and O–H groups in total. The van der Waals surface area contributed by atoms with Crippen LogP contribution in [0, 0.1) is 30.9 Å². The maximum Gasteiger partial charge on any atom is 0.293 e. The molecule has 2 amide bonds. The fraction of sp³-hybridized carbons (Fsp3) is 0.167. The van der Waals surface area contributed by atoms with Gasteiger partial charge in [-0.25, -0.2) is 0 Å². The zero-order valence-corrected chi connectivity index (χ0v) is 20.8. The van der Waals surface area contributed by atoms with Gasteiger partial charge in [-0.2, -0.15) is 0 Å². The molecule has 0 spiro atoms. The first-order valence-corrected chi connectivity index (χ1v) is 11.8. The molecule has 0 saturated carbocycles. The fourth-order valence-electron chi connectivity index (χ4n) is 3.93. The Hall–Kier alpha value is -3.07. The normalized spacial score (nSPS) is 15.0. The Bertz CT molecular complexity index is 1380. The summed E-state index contributed by atoms with van der Waals surface area (Å²) in [5, 5.41) is 11.5. The monoisotopic (exact) mass is 515 g/mol. The molecule has 0 unspecified atom stereocenters. The van der Waals surface area contributed by atoms with Crippen molar-refractivity contribution in [3.8, 4) is 5.69 Å². The number of aromatic nitrogens is 1. The number of nitro groups is 1. The second-order valence-electron chi connectivity index (χ2n) is 7.86. The lowest BCUT2D eigenvalue weighted by Gasteiger charge is -2.14. The Kier molecular flexibility index (Phi) is 6.58. The number of thioether (sulfide) groups is 1. The minimum Gasteiger partial charge on any atom is -0.318 e. The predicted octanol–water partition coefficient (Wildman–Crippen LogP) is 6.85. The Morgan fingerprint density at radius 1 is 1.06 bits per heavy atom. The van der Waals surface area contributed by atoms with Gasteiger partial charge in [-0.05, 0) is 74.0 Å². The molecule has 1 aromatic heterocycles. The second-order valence-corrected chi connectivity index (χ2v) is 9.67. The number of carbonyl (C=O) groups is 2. The molecule has 0 radical (unpaired) electrons. The van der Waals surface area contributed by atoms with Crippen molar-refractivity contribution in [1.82, 2.24) is 9.47 Å². The zero-order chi connectivity index (χ0) is 24.7. The molecule has 3 aromatic rings. The molecule has 7 nitrogen and oxygen atoms in total. The van der Waals surface area contributed by atoms with Crippen LogP contribution in [0.15, 0.2) is 47.4 Å². The lowest BCUT2D eigenvalue weighted by atomic mass is 10.1. The molecule has 1 saturated heterocycles. The molecule has 174 valence electrons. The van der Waals surface area contributed by atoms with E-state index in [1.54, 1.807) is 30.3 Å². The van der Waals surface area contributed by atoms with Crippen molar-refractivity contribution >= 4 is 57.9 Å². The summed E-state index contributed by atoms with van der Waals surface area (Å²) in [7, 11) is 0. The maximum absolute atomic E-state index is 13.0. The number of nitrogens with zero attached hydrogens (tertiary/aromatic N) is 3. The van der Waals surface area contributed by atoms with Gasteiger partial charge in [0.05, 0.1) is 16.4 Å². The third kappa shape index (κ3) is 4.36. The summed E-state index contributed by atoms with van der Waals surface area (Å²) in [6.07, 6.45) is 1.69. The molecular formula is C24H19Cl2N3O4S. The number of nitro benzene ring substituents is 1. The third-order valence-electron chi connectivity index (χ3n) is 5.64. The predicted molar refractivity (Wildman–Crippen MR) is 135 cm³/mol. The van der Waals surface area contributed by atoms with Crippen LogP contribution >= 0.6 is 35.0 Å². The lowest BCUT2D eigenvalue weighted by Crippen LogP contribution is -2.27. The first kappa shape index (κ1) is 24.1. The van der Waals surface area contributed by atoms with E-state index in [4.69, 9.17) is 23.2 Å². The van der Waals surface area contributed by atoms with Gasteiger partial charge in [0.2, 0.25) is 0 Å². The molecule has 0 atom stereocenters. The molecular weight excluding hydrogens is 497 g/mol. The highest BCUT2D eigenvalue weighted by Gasteiger charge is 2.36. The number of rotatable bonds is 5. The SMILES string of the molecule is Cc1cc([N+](=O)[O-])ccc1-n1c(C)cc(/C=C2\SC(=O)N(Cc3c(Cl)cccc3Cl)C2=O)c1C. The highest BCUT2D eigenvalue weighted by molar-refractivity contribution is 8.18. The summed E-state index contributed by atoms with van der Waals surface area (Å²) in [6, 6.07) is 11.6. The Labute approximate surface area is 210 Å². The van der Waals surface area contributed by atoms with Crippen LogP contribution in [-0.4, -0.2) is 25.5 Å². The van der Waals surface area contributed by atoms with Crippen molar-refractivity contribution < 1.29 is 14.5 Å². The van der Waals surface area contributed by atoms with Crippen LogP contribution < -0.4 is 0 Å². The molecule has 0 aliphatic carbocycles. The highest BCUT2D eigenvalue weighted by Crippen LogP contribution is 2.37. The van der Waals surface area contributed by atoms with E-state index in [1.807, 2.05) is 31.4 Å². The van der Waals surface area contributed by atoms with Crippen LogP contribution in [0.2, 0.25) is 10.0 Å². The number of halogens is 2. The first-order valence-electron chi connectivity index (χ1n) is 10.2. The summed E-state index contributed by atoms with van der Waals surface area (Å²) in [6.45, 7) is 5.61. The van der Waals surface area contributed by atoms with Gasteiger partial charge >= 0.3 is 0 Å². The van der Waals surface area contributed by atoms with E-state index in [1.165, 1.54) is 12.1 Å². The Morgan fingerprint density at radius 2 is 1.74 bits per heavy atom. The largest absolute Gasteiger partial charge is 0.318 e. The van der Waals surface area contributed by atoms with E-state index < -0.39 is 16.1 Å². The van der Waals surface area contributed by atoms with Crippen LogP contribution in [0.3, 0.4) is 0 Å². The molecule has 0 bridgehead atoms. The Morgan fingerprint density at radius 3 is 2.35 bits per heavy atom. The van der Waals surface area contributed by atoms with E-state index in [0.29, 0.717) is 20.5 Å². The molecule has 2 heterocycles. The minimum absolute atomic E-state index is 0.0124. The molecule has 1 fully saturated rings. The summed E-state index contributed by atoms with van der Waals surface area (Å²) in [4.78, 5) is 37.7. The van der Waals surface area contributed by atoms with Crippen molar-refractivity contribution in [2.24, 2.45) is 0 Å². The molecule has 34 heavy (non-hydrogen) atoms. The lowest BCUT2D eigenvalue weighted by molar-refractivity contribution is -0.384. The van der Waals surface area contributed by atoms with Gasteiger partial charge in [-0.1, -0.05) is 29.3 Å². The summed E-state index contributed by atoms with van der Waals surface area (Å²) >= 11 is 13.3. The number of hydrogen-bond acceptors (Lipinski definition) is 5. The van der Waals surface area contributed by atoms with Crippen LogP contribution in [0.25, 0.3) is 11.8 Å². The number of aryl methyl sites for hydroxylation is 2. The Balaban J connectivity index is 1.66. The van der Waals surface area contributed by atoms with E-state index in [2.05, 4.69) is 0 Å². The molecule has 10 heteroatoms. The summed E-state index contributed by atoms with van der Waals surface area (Å²) in [5.74, 6) is -0.415. The number of non-ortho nitro benzene ring substituents is 1. The van der Waals surface area contributed by atoms with E-state index in [9.17, 15) is 19.7 Å². The smallest absolute Gasteiger partial charge is 0.293 e. The summed E-state index contributed by atoms with van der Waals surface area (Å²) in [5.41, 5.74) is 4.60. The van der Waals surface area contributed by atoms with Crippen molar-refractivity contribution in [2.45, 2.75) is 27.3 Å². The highest BCUT2D eigenvalue weighted by atomic mass is 35.5. The summed E-state index contributed by atoms with van der Waals surface area (Å²) < 4.78 is 1.97. The van der Waals surface area contributed by atoms with Crippen molar-refractivity contribution in [3.05, 3.63) is 95.6 Å². The minimum atomic E-state index is -0.427. The first-order chi connectivity index (χ1) is 16.1. The quantitative estimate of drug-likeness (QED) is 0.210. The number of amides is 2. The van der Waals surface area contributed by atoms with E-state index in [0.717, 1.165) is 44.9 Å². The van der Waals surface area contributed by atoms with E-state index in [-0.39, 0.29) is 12.2 Å². The van der Waals surface area contributed by atoms with Crippen molar-refractivity contribution in [3.63, 3.8) is 0 Å². The average molecular weight is 516 g/mol. The number of hydrogen-bond donors (Lipinski definition) is 0. The molecule has 4 rings (SSSR count). The van der Waals surface area contributed by atoms with Gasteiger partial charge < -0.3 is 4.57 Å². The van der Waals surface area contributed by atoms with Gasteiger partial charge in [0.25, 0.3) is 16.8 Å². The standard InChI is InChI=1S/C24H19Cl2N3O4S/c1-13-9-17(29(32)33)7-8-21(13)28-14(2)10-16(15(28)3)11-22-23(30)27(24(31)34-22)12-18-19(25)5-4-6-20(18)26/h4-11H,12H2,1-3H3/b22-11-. The zero-order valence-electron chi connectivity index (χ0n) is 18.5. The second kappa shape index (κ2) is 9.29. The van der Waals surface area contributed by atoms with Crippen molar-refractivity contribution in [1.29, 1.82) is 0 Å². The van der Waals surface area contributed by atoms with Gasteiger partial charge in [0.1, 0.15) is 0 Å². The molecule has 1 aliphatic rings. The fourth-order valence-corrected chi connectivity index (χ4v) is 5.27. The van der Waals surface area contributed by atoms with E-state index >= 15 is 0 Å². The number of carbonyl (C=O) groups excluding carboxylic acids is 2. The van der Waals surface area contributed by atoms with Gasteiger partial charge in [0, 0.05) is 44.8 Å². The van der Waals surface area contributed by atoms with Gasteiger partial charge in [-0.3, -0.25) is 24.6 Å². The average Bonchev–Trinajstić information content (AvgIpc) is 3.19. The van der Waals surface area contributed by atoms with Crippen LogP contribution in [-0.2, 0) is 11.3 Å².